The van der Waals surface area contributed by atoms with Gasteiger partial charge in [0.2, 0.25) is 5.91 Å². The van der Waals surface area contributed by atoms with Gasteiger partial charge in [0.15, 0.2) is 0 Å². The van der Waals surface area contributed by atoms with Gasteiger partial charge in [0.1, 0.15) is 0 Å². The van der Waals surface area contributed by atoms with E-state index in [2.05, 4.69) is 94.7 Å². The van der Waals surface area contributed by atoms with Crippen molar-refractivity contribution < 1.29 is 4.79 Å². The van der Waals surface area contributed by atoms with Crippen molar-refractivity contribution in [3.8, 4) is 0 Å². The van der Waals surface area contributed by atoms with Crippen LogP contribution in [0, 0.1) is 0 Å². The van der Waals surface area contributed by atoms with Gasteiger partial charge in [-0.15, -0.1) is 0 Å². The van der Waals surface area contributed by atoms with Gasteiger partial charge in [0.25, 0.3) is 0 Å². The quantitative estimate of drug-likeness (QED) is 0.636. The van der Waals surface area contributed by atoms with E-state index in [0.717, 1.165) is 39.3 Å². The van der Waals surface area contributed by atoms with E-state index < -0.39 is 0 Å². The Hall–Kier alpha value is -2.95. The minimum atomic E-state index is 0.229. The van der Waals surface area contributed by atoms with Crippen LogP contribution < -0.4 is 0 Å². The number of benzene rings is 3. The zero-order valence-electron chi connectivity index (χ0n) is 17.9. The fourth-order valence-electron chi connectivity index (χ4n) is 4.92. The van der Waals surface area contributed by atoms with Crippen molar-refractivity contribution in [2.45, 2.75) is 19.1 Å². The minimum absolute atomic E-state index is 0.229. The smallest absolute Gasteiger partial charge is 0.236 e. The third-order valence-electron chi connectivity index (χ3n) is 6.53. The molecule has 1 amide bonds. The average Bonchev–Trinajstić information content (AvgIpc) is 3.23. The Bertz CT molecular complexity index is 948. The van der Waals surface area contributed by atoms with Crippen molar-refractivity contribution in [3.05, 3.63) is 107 Å². The van der Waals surface area contributed by atoms with Crippen LogP contribution in [0.1, 0.15) is 28.3 Å². The van der Waals surface area contributed by atoms with Gasteiger partial charge < -0.3 is 4.90 Å². The number of piperazine rings is 1. The number of carbonyl (C=O) groups is 1. The van der Waals surface area contributed by atoms with Crippen LogP contribution in [-0.4, -0.2) is 53.3 Å². The molecule has 2 heterocycles. The van der Waals surface area contributed by atoms with E-state index in [0.29, 0.717) is 6.54 Å². The van der Waals surface area contributed by atoms with Gasteiger partial charge in [0, 0.05) is 39.3 Å². The second-order valence-corrected chi connectivity index (χ2v) is 8.55. The molecule has 4 nitrogen and oxygen atoms in total. The number of nitrogens with zero attached hydrogens (tertiary/aromatic N) is 3. The first-order valence-electron chi connectivity index (χ1n) is 11.2. The summed E-state index contributed by atoms with van der Waals surface area (Å²) in [5, 5.41) is 0. The van der Waals surface area contributed by atoms with E-state index >= 15 is 0 Å². The molecule has 1 saturated heterocycles. The molecule has 5 rings (SSSR count). The van der Waals surface area contributed by atoms with Gasteiger partial charge in [0.05, 0.1) is 12.6 Å². The fourth-order valence-corrected chi connectivity index (χ4v) is 4.92. The maximum absolute atomic E-state index is 13.0. The number of hydrogen-bond acceptors (Lipinski definition) is 3. The molecule has 0 unspecified atom stereocenters. The number of amides is 1. The summed E-state index contributed by atoms with van der Waals surface area (Å²) in [7, 11) is 0. The molecule has 0 aromatic heterocycles. The summed E-state index contributed by atoms with van der Waals surface area (Å²) in [6.07, 6.45) is 0. The maximum Gasteiger partial charge on any atom is 0.236 e. The highest BCUT2D eigenvalue weighted by Gasteiger charge is 2.29. The van der Waals surface area contributed by atoms with Crippen LogP contribution in [0.15, 0.2) is 84.9 Å². The second kappa shape index (κ2) is 9.04. The van der Waals surface area contributed by atoms with Gasteiger partial charge in [-0.1, -0.05) is 84.9 Å². The molecule has 0 radical (unpaired) electrons. The lowest BCUT2D eigenvalue weighted by atomic mass is 9.96. The van der Waals surface area contributed by atoms with Gasteiger partial charge >= 0.3 is 0 Å². The molecule has 0 atom stereocenters. The van der Waals surface area contributed by atoms with Gasteiger partial charge in [-0.05, 0) is 22.3 Å². The predicted molar refractivity (Wildman–Crippen MR) is 123 cm³/mol. The van der Waals surface area contributed by atoms with E-state index in [-0.39, 0.29) is 11.9 Å². The highest BCUT2D eigenvalue weighted by Crippen LogP contribution is 2.29. The molecule has 2 aliphatic heterocycles. The summed E-state index contributed by atoms with van der Waals surface area (Å²) < 4.78 is 0. The molecular formula is C27H29N3O. The molecule has 3 aromatic carbocycles. The third-order valence-corrected chi connectivity index (χ3v) is 6.53. The predicted octanol–water partition coefficient (Wildman–Crippen LogP) is 3.94. The molecule has 0 aliphatic carbocycles. The van der Waals surface area contributed by atoms with E-state index in [1.54, 1.807) is 0 Å². The van der Waals surface area contributed by atoms with Crippen molar-refractivity contribution in [3.63, 3.8) is 0 Å². The Morgan fingerprint density at radius 1 is 0.677 bits per heavy atom. The van der Waals surface area contributed by atoms with Crippen molar-refractivity contribution in [2.75, 3.05) is 32.7 Å². The minimum Gasteiger partial charge on any atom is -0.339 e. The second-order valence-electron chi connectivity index (χ2n) is 8.55. The van der Waals surface area contributed by atoms with Crippen LogP contribution in [0.2, 0.25) is 0 Å². The number of hydrogen-bond donors (Lipinski definition) is 0. The van der Waals surface area contributed by atoms with Crippen molar-refractivity contribution in [2.24, 2.45) is 0 Å². The van der Waals surface area contributed by atoms with Crippen molar-refractivity contribution in [1.29, 1.82) is 0 Å². The van der Waals surface area contributed by atoms with Crippen LogP contribution in [-0.2, 0) is 17.9 Å². The van der Waals surface area contributed by atoms with E-state index in [1.807, 2.05) is 4.90 Å². The molecule has 4 heteroatoms. The van der Waals surface area contributed by atoms with E-state index in [4.69, 9.17) is 0 Å². The largest absolute Gasteiger partial charge is 0.339 e. The number of carbonyl (C=O) groups excluding carboxylic acids is 1. The molecule has 0 bridgehead atoms. The van der Waals surface area contributed by atoms with Crippen LogP contribution in [0.3, 0.4) is 0 Å². The molecule has 158 valence electrons. The Morgan fingerprint density at radius 2 is 1.16 bits per heavy atom. The molecule has 2 aliphatic rings. The zero-order chi connectivity index (χ0) is 21.0. The topological polar surface area (TPSA) is 26.8 Å². The normalized spacial score (nSPS) is 17.1. The Balaban J connectivity index is 1.22. The Kier molecular flexibility index (Phi) is 5.83. The highest BCUT2D eigenvalue weighted by atomic mass is 16.2. The highest BCUT2D eigenvalue weighted by molar-refractivity contribution is 5.78. The molecule has 1 fully saturated rings. The number of rotatable bonds is 5. The lowest BCUT2D eigenvalue weighted by Gasteiger charge is -2.40. The van der Waals surface area contributed by atoms with Crippen LogP contribution >= 0.6 is 0 Å². The Morgan fingerprint density at radius 3 is 1.68 bits per heavy atom. The maximum atomic E-state index is 13.0. The first kappa shape index (κ1) is 20.0. The van der Waals surface area contributed by atoms with Crippen molar-refractivity contribution >= 4 is 5.91 Å². The van der Waals surface area contributed by atoms with E-state index in [9.17, 15) is 4.79 Å². The Labute approximate surface area is 184 Å². The van der Waals surface area contributed by atoms with Gasteiger partial charge in [-0.25, -0.2) is 0 Å². The van der Waals surface area contributed by atoms with E-state index in [1.165, 1.54) is 22.3 Å². The molecule has 3 aromatic rings. The summed E-state index contributed by atoms with van der Waals surface area (Å²) in [4.78, 5) is 19.8. The average molecular weight is 412 g/mol. The fraction of sp³-hybridized carbons (Fsp3) is 0.296. The summed E-state index contributed by atoms with van der Waals surface area (Å²) in [5.41, 5.74) is 5.33. The molecule has 31 heavy (non-hydrogen) atoms. The molecule has 0 N–H and O–H groups in total. The molecular weight excluding hydrogens is 382 g/mol. The van der Waals surface area contributed by atoms with Crippen molar-refractivity contribution in [1.82, 2.24) is 14.7 Å². The molecule has 0 saturated carbocycles. The standard InChI is InChI=1S/C27H29N3O/c31-26(21-28-19-24-13-7-8-14-25(24)20-28)29-15-17-30(18-16-29)27(22-9-3-1-4-10-22)23-11-5-2-6-12-23/h1-14,27H,15-21H2. The van der Waals surface area contributed by atoms with Crippen LogP contribution in [0.4, 0.5) is 0 Å². The third kappa shape index (κ3) is 4.41. The number of fused-ring (bicyclic) bond motifs is 1. The first-order chi connectivity index (χ1) is 15.3. The van der Waals surface area contributed by atoms with Crippen LogP contribution in [0.5, 0.6) is 0 Å². The lowest BCUT2D eigenvalue weighted by molar-refractivity contribution is -0.134. The summed E-state index contributed by atoms with van der Waals surface area (Å²) in [6.45, 7) is 5.62. The van der Waals surface area contributed by atoms with Gasteiger partial charge in [-0.2, -0.15) is 0 Å². The summed E-state index contributed by atoms with van der Waals surface area (Å²) in [6, 6.07) is 30.2. The summed E-state index contributed by atoms with van der Waals surface area (Å²) in [5.74, 6) is 0.253. The zero-order valence-corrected chi connectivity index (χ0v) is 17.9. The molecule has 0 spiro atoms. The SMILES string of the molecule is O=C(CN1Cc2ccccc2C1)N1CCN(C(c2ccccc2)c2ccccc2)CC1. The summed E-state index contributed by atoms with van der Waals surface area (Å²) >= 11 is 0. The van der Waals surface area contributed by atoms with Crippen LogP contribution in [0.25, 0.3) is 0 Å². The van der Waals surface area contributed by atoms with Gasteiger partial charge in [-0.3, -0.25) is 14.6 Å². The monoisotopic (exact) mass is 411 g/mol. The first-order valence-corrected chi connectivity index (χ1v) is 11.2. The lowest BCUT2D eigenvalue weighted by Crippen LogP contribution is -2.51.